The molecule has 4 rings (SSSR count). The Balaban J connectivity index is 2.02. The van der Waals surface area contributed by atoms with Crippen molar-refractivity contribution < 1.29 is 14.3 Å². The number of ketones is 1. The molecule has 2 aromatic heterocycles. The van der Waals surface area contributed by atoms with E-state index in [-0.39, 0.29) is 28.3 Å². The zero-order valence-corrected chi connectivity index (χ0v) is 15.8. The zero-order chi connectivity index (χ0) is 19.8. The number of fused-ring (bicyclic) bond motifs is 3. The third-order valence-corrected chi connectivity index (χ3v) is 5.81. The number of nitrogens with zero attached hydrogens (tertiary/aromatic N) is 1. The third kappa shape index (κ3) is 2.76. The predicted octanol–water partition coefficient (Wildman–Crippen LogP) is 3.21. The van der Waals surface area contributed by atoms with E-state index >= 15 is 0 Å². The van der Waals surface area contributed by atoms with E-state index < -0.39 is 11.5 Å². The second kappa shape index (κ2) is 6.94. The monoisotopic (exact) mass is 392 g/mol. The Bertz CT molecular complexity index is 1290. The van der Waals surface area contributed by atoms with Crippen molar-refractivity contribution >= 4 is 44.0 Å². The topological polar surface area (TPSA) is 91.4 Å². The Hall–Kier alpha value is -3.45. The molecular weight excluding hydrogens is 376 g/mol. The predicted molar refractivity (Wildman–Crippen MR) is 109 cm³/mol. The van der Waals surface area contributed by atoms with Gasteiger partial charge in [0, 0.05) is 10.9 Å². The van der Waals surface area contributed by atoms with Crippen molar-refractivity contribution in [1.82, 2.24) is 4.57 Å². The summed E-state index contributed by atoms with van der Waals surface area (Å²) in [5, 5.41) is 1.02. The third-order valence-electron chi connectivity index (χ3n) is 4.59. The number of thiophene rings is 1. The van der Waals surface area contributed by atoms with Gasteiger partial charge in [0.1, 0.15) is 10.3 Å². The minimum atomic E-state index is -0.659. The molecule has 0 radical (unpaired) electrons. The van der Waals surface area contributed by atoms with E-state index in [0.717, 1.165) is 16.7 Å². The smallest absolute Gasteiger partial charge is 0.264 e. The molecule has 0 aliphatic carbocycles. The lowest BCUT2D eigenvalue weighted by molar-refractivity contribution is 0.0970. The fourth-order valence-corrected chi connectivity index (χ4v) is 4.47. The number of ether oxygens (including phenoxy) is 1. The van der Waals surface area contributed by atoms with E-state index in [1.54, 1.807) is 36.4 Å². The fraction of sp³-hybridized carbons (Fsp3) is 0.0952. The fourth-order valence-electron chi connectivity index (χ4n) is 3.32. The molecule has 140 valence electrons. The van der Waals surface area contributed by atoms with Crippen LogP contribution >= 0.6 is 11.3 Å². The van der Waals surface area contributed by atoms with Crippen LogP contribution in [-0.2, 0) is 6.54 Å². The Morgan fingerprint density at radius 2 is 1.75 bits per heavy atom. The van der Waals surface area contributed by atoms with Crippen molar-refractivity contribution in [3.05, 3.63) is 75.4 Å². The number of amides is 1. The van der Waals surface area contributed by atoms with Crippen LogP contribution in [0.2, 0.25) is 0 Å². The van der Waals surface area contributed by atoms with E-state index in [4.69, 9.17) is 10.5 Å². The summed E-state index contributed by atoms with van der Waals surface area (Å²) in [6.45, 7) is -0.121. The molecule has 0 bridgehead atoms. The summed E-state index contributed by atoms with van der Waals surface area (Å²) in [7, 11) is 1.39. The SMILES string of the molecule is COc1c(C(N)=O)sc2c1c(=O)n(CC(=O)c1ccccc1)c1ccccc21. The van der Waals surface area contributed by atoms with E-state index in [2.05, 4.69) is 0 Å². The minimum Gasteiger partial charge on any atom is -0.494 e. The quantitative estimate of drug-likeness (QED) is 0.528. The first-order chi connectivity index (χ1) is 13.5. The van der Waals surface area contributed by atoms with Gasteiger partial charge in [-0.3, -0.25) is 19.0 Å². The average Bonchev–Trinajstić information content (AvgIpc) is 3.12. The second-order valence-electron chi connectivity index (χ2n) is 6.23. The number of pyridine rings is 1. The molecule has 7 heteroatoms. The van der Waals surface area contributed by atoms with Crippen LogP contribution in [0.25, 0.3) is 21.0 Å². The lowest BCUT2D eigenvalue weighted by Gasteiger charge is -2.11. The Morgan fingerprint density at radius 3 is 2.43 bits per heavy atom. The molecule has 28 heavy (non-hydrogen) atoms. The largest absolute Gasteiger partial charge is 0.494 e. The first-order valence-electron chi connectivity index (χ1n) is 8.53. The maximum atomic E-state index is 13.3. The van der Waals surface area contributed by atoms with Gasteiger partial charge in [0.25, 0.3) is 11.5 Å². The van der Waals surface area contributed by atoms with Gasteiger partial charge in [-0.25, -0.2) is 0 Å². The first kappa shape index (κ1) is 17.9. The molecule has 0 aliphatic heterocycles. The number of aromatic nitrogens is 1. The van der Waals surface area contributed by atoms with Crippen LogP contribution in [0.1, 0.15) is 20.0 Å². The molecule has 0 atom stereocenters. The van der Waals surface area contributed by atoms with Gasteiger partial charge < -0.3 is 10.5 Å². The van der Waals surface area contributed by atoms with Crippen LogP contribution < -0.4 is 16.0 Å². The highest BCUT2D eigenvalue weighted by atomic mass is 32.1. The highest BCUT2D eigenvalue weighted by Gasteiger charge is 2.24. The second-order valence-corrected chi connectivity index (χ2v) is 7.25. The number of rotatable bonds is 5. The molecule has 0 unspecified atom stereocenters. The van der Waals surface area contributed by atoms with Crippen LogP contribution in [0, 0.1) is 0 Å². The molecule has 6 nitrogen and oxygen atoms in total. The molecule has 0 fully saturated rings. The molecule has 0 saturated carbocycles. The van der Waals surface area contributed by atoms with Gasteiger partial charge in [-0.2, -0.15) is 0 Å². The number of Topliss-reactive ketones (excluding diaryl/α,β-unsaturated/α-hetero) is 1. The summed E-state index contributed by atoms with van der Waals surface area (Å²) >= 11 is 1.13. The number of para-hydroxylation sites is 1. The number of benzene rings is 2. The lowest BCUT2D eigenvalue weighted by Crippen LogP contribution is -2.25. The van der Waals surface area contributed by atoms with Gasteiger partial charge in [-0.05, 0) is 6.07 Å². The van der Waals surface area contributed by atoms with Gasteiger partial charge >= 0.3 is 0 Å². The van der Waals surface area contributed by atoms with Crippen molar-refractivity contribution in [1.29, 1.82) is 0 Å². The van der Waals surface area contributed by atoms with Gasteiger partial charge in [-0.1, -0.05) is 48.5 Å². The Morgan fingerprint density at radius 1 is 1.07 bits per heavy atom. The minimum absolute atomic E-state index is 0.121. The highest BCUT2D eigenvalue weighted by Crippen LogP contribution is 2.39. The first-order valence-corrected chi connectivity index (χ1v) is 9.34. The van der Waals surface area contributed by atoms with Crippen molar-refractivity contribution in [3.8, 4) is 5.75 Å². The highest BCUT2D eigenvalue weighted by molar-refractivity contribution is 7.22. The van der Waals surface area contributed by atoms with Crippen LogP contribution in [0.4, 0.5) is 0 Å². The normalized spacial score (nSPS) is 11.0. The molecule has 1 amide bonds. The van der Waals surface area contributed by atoms with Crippen LogP contribution in [0.3, 0.4) is 0 Å². The van der Waals surface area contributed by atoms with Gasteiger partial charge in [0.2, 0.25) is 0 Å². The molecule has 0 aliphatic rings. The molecule has 4 aromatic rings. The summed E-state index contributed by atoms with van der Waals surface area (Å²) < 4.78 is 7.39. The summed E-state index contributed by atoms with van der Waals surface area (Å²) in [4.78, 5) is 38.1. The maximum absolute atomic E-state index is 13.3. The number of carbonyl (C=O) groups is 2. The maximum Gasteiger partial charge on any atom is 0.264 e. The van der Waals surface area contributed by atoms with Crippen LogP contribution in [-0.4, -0.2) is 23.4 Å². The molecule has 2 heterocycles. The molecule has 2 N–H and O–H groups in total. The number of hydrogen-bond donors (Lipinski definition) is 1. The summed E-state index contributed by atoms with van der Waals surface area (Å²) in [6, 6.07) is 16.1. The van der Waals surface area contributed by atoms with Gasteiger partial charge in [0.05, 0.1) is 23.9 Å². The van der Waals surface area contributed by atoms with E-state index in [0.29, 0.717) is 15.8 Å². The van der Waals surface area contributed by atoms with Gasteiger partial charge in [-0.15, -0.1) is 11.3 Å². The van der Waals surface area contributed by atoms with Crippen molar-refractivity contribution in [2.24, 2.45) is 5.73 Å². The molecular formula is C21H16N2O4S. The summed E-state index contributed by atoms with van der Waals surface area (Å²) in [6.07, 6.45) is 0. The van der Waals surface area contributed by atoms with Crippen molar-refractivity contribution in [2.75, 3.05) is 7.11 Å². The van der Waals surface area contributed by atoms with Crippen molar-refractivity contribution in [2.45, 2.75) is 6.54 Å². The lowest BCUT2D eigenvalue weighted by atomic mass is 10.1. The number of carbonyl (C=O) groups excluding carboxylic acids is 2. The van der Waals surface area contributed by atoms with Crippen LogP contribution in [0.15, 0.2) is 59.4 Å². The van der Waals surface area contributed by atoms with Gasteiger partial charge in [0.15, 0.2) is 11.5 Å². The average molecular weight is 392 g/mol. The number of nitrogens with two attached hydrogens (primary N) is 1. The number of methoxy groups -OCH3 is 1. The Kier molecular flexibility index (Phi) is 4.44. The standard InChI is InChI=1S/C21H16N2O4S/c1-27-17-16-18(28-19(17)20(22)25)13-9-5-6-10-14(13)23(21(16)26)11-15(24)12-7-3-2-4-8-12/h2-10H,11H2,1H3,(H2,22,25). The molecule has 0 spiro atoms. The summed E-state index contributed by atoms with van der Waals surface area (Å²) in [5.41, 5.74) is 6.22. The summed E-state index contributed by atoms with van der Waals surface area (Å²) in [5.74, 6) is -0.686. The zero-order valence-electron chi connectivity index (χ0n) is 15.0. The van der Waals surface area contributed by atoms with Crippen LogP contribution in [0.5, 0.6) is 5.75 Å². The molecule has 0 saturated heterocycles. The number of primary amides is 1. The van der Waals surface area contributed by atoms with E-state index in [1.165, 1.54) is 11.7 Å². The van der Waals surface area contributed by atoms with E-state index in [1.807, 2.05) is 18.2 Å². The Labute approximate surface area is 163 Å². The number of hydrogen-bond acceptors (Lipinski definition) is 5. The van der Waals surface area contributed by atoms with E-state index in [9.17, 15) is 14.4 Å². The molecule has 2 aromatic carbocycles. The van der Waals surface area contributed by atoms with Crippen molar-refractivity contribution in [3.63, 3.8) is 0 Å².